The highest BCUT2D eigenvalue weighted by Gasteiger charge is 2.31. The topological polar surface area (TPSA) is 61.8 Å². The van der Waals surface area contributed by atoms with Gasteiger partial charge >= 0.3 is 0 Å². The summed E-state index contributed by atoms with van der Waals surface area (Å²) in [7, 11) is 3.90. The molecule has 0 saturated carbocycles. The summed E-state index contributed by atoms with van der Waals surface area (Å²) in [5.41, 5.74) is 1.99. The van der Waals surface area contributed by atoms with Crippen LogP contribution >= 0.6 is 11.8 Å². The Morgan fingerprint density at radius 3 is 2.54 bits per heavy atom. The molecule has 1 aliphatic rings. The largest absolute Gasteiger partial charge is 0.378 e. The Bertz CT molecular complexity index is 865. The number of anilines is 2. The van der Waals surface area contributed by atoms with Gasteiger partial charge in [0.05, 0.1) is 5.69 Å². The molecule has 1 atom stereocenters. The first-order valence-electron chi connectivity index (χ1n) is 8.05. The predicted molar refractivity (Wildman–Crippen MR) is 103 cm³/mol. The SMILES string of the molecule is CN(C)c1ccc(C2=NC(=O)[C@H](CC(=O)Nc3ccccc3F)S2)cc1. The standard InChI is InChI=1S/C19H18FN3O2S/c1-23(2)13-9-7-12(8-10-13)19-22-18(25)16(26-19)11-17(24)21-15-6-4-3-5-14(15)20/h3-10,16H,11H2,1-2H3,(H,21,24)/t16-/m0/s1. The summed E-state index contributed by atoms with van der Waals surface area (Å²) in [6, 6.07) is 13.6. The van der Waals surface area contributed by atoms with Gasteiger partial charge in [-0.15, -0.1) is 0 Å². The number of amides is 2. The van der Waals surface area contributed by atoms with E-state index in [1.165, 1.54) is 23.9 Å². The fourth-order valence-electron chi connectivity index (χ4n) is 2.48. The minimum Gasteiger partial charge on any atom is -0.378 e. The van der Waals surface area contributed by atoms with Crippen molar-refractivity contribution in [3.63, 3.8) is 0 Å². The predicted octanol–water partition coefficient (Wildman–Crippen LogP) is 3.31. The Morgan fingerprint density at radius 2 is 1.88 bits per heavy atom. The lowest BCUT2D eigenvalue weighted by Crippen LogP contribution is -2.21. The second-order valence-corrected chi connectivity index (χ2v) is 7.23. The molecular weight excluding hydrogens is 353 g/mol. The third-order valence-corrected chi connectivity index (χ3v) is 5.09. The normalized spacial score (nSPS) is 16.3. The quantitative estimate of drug-likeness (QED) is 0.876. The van der Waals surface area contributed by atoms with Gasteiger partial charge in [0.1, 0.15) is 16.1 Å². The molecule has 0 fully saturated rings. The number of nitrogens with zero attached hydrogens (tertiary/aromatic N) is 2. The van der Waals surface area contributed by atoms with Gasteiger partial charge in [-0.2, -0.15) is 0 Å². The third kappa shape index (κ3) is 4.11. The monoisotopic (exact) mass is 371 g/mol. The van der Waals surface area contributed by atoms with Crippen LogP contribution in [-0.2, 0) is 9.59 Å². The van der Waals surface area contributed by atoms with E-state index in [1.54, 1.807) is 12.1 Å². The summed E-state index contributed by atoms with van der Waals surface area (Å²) in [6.45, 7) is 0. The van der Waals surface area contributed by atoms with Gasteiger partial charge in [0.15, 0.2) is 0 Å². The van der Waals surface area contributed by atoms with E-state index >= 15 is 0 Å². The molecule has 2 aromatic rings. The molecule has 1 N–H and O–H groups in total. The summed E-state index contributed by atoms with van der Waals surface area (Å²) in [5.74, 6) is -1.27. The minimum atomic E-state index is -0.592. The molecule has 1 heterocycles. The lowest BCUT2D eigenvalue weighted by molar-refractivity contribution is -0.121. The Labute approximate surface area is 155 Å². The number of para-hydroxylation sites is 1. The fraction of sp³-hybridized carbons (Fsp3) is 0.211. The van der Waals surface area contributed by atoms with Gasteiger partial charge in [0, 0.05) is 31.8 Å². The van der Waals surface area contributed by atoms with Crippen LogP contribution in [0.2, 0.25) is 0 Å². The van der Waals surface area contributed by atoms with Crippen LogP contribution in [0, 0.1) is 5.82 Å². The van der Waals surface area contributed by atoms with Crippen molar-refractivity contribution in [1.82, 2.24) is 0 Å². The third-order valence-electron chi connectivity index (χ3n) is 3.89. The van der Waals surface area contributed by atoms with Crippen LogP contribution in [-0.4, -0.2) is 36.2 Å². The van der Waals surface area contributed by atoms with Gasteiger partial charge in [-0.1, -0.05) is 36.0 Å². The summed E-state index contributed by atoms with van der Waals surface area (Å²) < 4.78 is 13.6. The number of carbonyl (C=O) groups excluding carboxylic acids is 2. The molecule has 0 saturated heterocycles. The van der Waals surface area contributed by atoms with E-state index in [4.69, 9.17) is 0 Å². The molecule has 7 heteroatoms. The van der Waals surface area contributed by atoms with E-state index in [1.807, 2.05) is 43.3 Å². The molecule has 134 valence electrons. The zero-order chi connectivity index (χ0) is 18.7. The Kier molecular flexibility index (Phi) is 5.37. The number of benzene rings is 2. The Hall–Kier alpha value is -2.67. The van der Waals surface area contributed by atoms with Crippen molar-refractivity contribution in [2.45, 2.75) is 11.7 Å². The van der Waals surface area contributed by atoms with Crippen LogP contribution in [0.3, 0.4) is 0 Å². The molecule has 2 amide bonds. The Balaban J connectivity index is 1.62. The first-order chi connectivity index (χ1) is 12.4. The van der Waals surface area contributed by atoms with Gasteiger partial charge in [0.2, 0.25) is 5.91 Å². The second-order valence-electron chi connectivity index (χ2n) is 6.04. The Morgan fingerprint density at radius 1 is 1.19 bits per heavy atom. The molecule has 0 unspecified atom stereocenters. The molecule has 0 aromatic heterocycles. The summed E-state index contributed by atoms with van der Waals surface area (Å²) in [5, 5.41) is 2.50. The lowest BCUT2D eigenvalue weighted by atomic mass is 10.2. The maximum Gasteiger partial charge on any atom is 0.260 e. The van der Waals surface area contributed by atoms with Crippen LogP contribution < -0.4 is 10.2 Å². The first kappa shape index (κ1) is 18.1. The van der Waals surface area contributed by atoms with Gasteiger partial charge in [-0.25, -0.2) is 9.38 Å². The van der Waals surface area contributed by atoms with Crippen molar-refractivity contribution in [3.8, 4) is 0 Å². The van der Waals surface area contributed by atoms with Crippen LogP contribution in [0.4, 0.5) is 15.8 Å². The second kappa shape index (κ2) is 7.70. The van der Waals surface area contributed by atoms with E-state index in [-0.39, 0.29) is 18.0 Å². The van der Waals surface area contributed by atoms with E-state index in [0.29, 0.717) is 5.04 Å². The van der Waals surface area contributed by atoms with Crippen LogP contribution in [0.5, 0.6) is 0 Å². The lowest BCUT2D eigenvalue weighted by Gasteiger charge is -2.12. The van der Waals surface area contributed by atoms with Crippen molar-refractivity contribution in [2.75, 3.05) is 24.3 Å². The molecular formula is C19H18FN3O2S. The van der Waals surface area contributed by atoms with E-state index in [0.717, 1.165) is 11.3 Å². The number of carbonyl (C=O) groups is 2. The van der Waals surface area contributed by atoms with Crippen molar-refractivity contribution in [3.05, 3.63) is 59.9 Å². The highest BCUT2D eigenvalue weighted by Crippen LogP contribution is 2.30. The fourth-order valence-corrected chi connectivity index (χ4v) is 3.55. The maximum atomic E-state index is 13.6. The molecule has 26 heavy (non-hydrogen) atoms. The van der Waals surface area contributed by atoms with Gasteiger partial charge < -0.3 is 10.2 Å². The number of halogens is 1. The molecule has 0 aliphatic carbocycles. The van der Waals surface area contributed by atoms with Gasteiger partial charge in [0.25, 0.3) is 5.91 Å². The first-order valence-corrected chi connectivity index (χ1v) is 8.93. The number of thioether (sulfide) groups is 1. The highest BCUT2D eigenvalue weighted by molar-refractivity contribution is 8.16. The van der Waals surface area contributed by atoms with Crippen LogP contribution in [0.1, 0.15) is 12.0 Å². The number of hydrogen-bond acceptors (Lipinski definition) is 4. The number of rotatable bonds is 5. The summed E-state index contributed by atoms with van der Waals surface area (Å²) in [4.78, 5) is 30.3. The van der Waals surface area contributed by atoms with Crippen molar-refractivity contribution in [1.29, 1.82) is 0 Å². The number of nitrogens with one attached hydrogen (secondary N) is 1. The highest BCUT2D eigenvalue weighted by atomic mass is 32.2. The van der Waals surface area contributed by atoms with Gasteiger partial charge in [-0.05, 0) is 24.3 Å². The molecule has 1 aliphatic heterocycles. The van der Waals surface area contributed by atoms with Gasteiger partial charge in [-0.3, -0.25) is 9.59 Å². The van der Waals surface area contributed by atoms with Crippen molar-refractivity contribution >= 4 is 40.0 Å². The van der Waals surface area contributed by atoms with Crippen LogP contribution in [0.15, 0.2) is 53.5 Å². The van der Waals surface area contributed by atoms with E-state index in [2.05, 4.69) is 10.3 Å². The van der Waals surface area contributed by atoms with Crippen molar-refractivity contribution in [2.24, 2.45) is 4.99 Å². The van der Waals surface area contributed by atoms with E-state index < -0.39 is 17.0 Å². The molecule has 0 radical (unpaired) electrons. The maximum absolute atomic E-state index is 13.6. The molecule has 3 rings (SSSR count). The van der Waals surface area contributed by atoms with Crippen LogP contribution in [0.25, 0.3) is 0 Å². The zero-order valence-corrected chi connectivity index (χ0v) is 15.2. The summed E-state index contributed by atoms with van der Waals surface area (Å²) in [6.07, 6.45) is -0.0549. The minimum absolute atomic E-state index is 0.0549. The average molecular weight is 371 g/mol. The molecule has 0 spiro atoms. The molecule has 2 aromatic carbocycles. The van der Waals surface area contributed by atoms with Crippen molar-refractivity contribution < 1.29 is 14.0 Å². The van der Waals surface area contributed by atoms with E-state index in [9.17, 15) is 14.0 Å². The average Bonchev–Trinajstić information content (AvgIpc) is 2.97. The number of hydrogen-bond donors (Lipinski definition) is 1. The zero-order valence-electron chi connectivity index (χ0n) is 14.4. The summed E-state index contributed by atoms with van der Waals surface area (Å²) >= 11 is 1.26. The smallest absolute Gasteiger partial charge is 0.260 e. The molecule has 5 nitrogen and oxygen atoms in total. The number of aliphatic imine (C=N–C) groups is 1. The molecule has 0 bridgehead atoms.